The van der Waals surface area contributed by atoms with Crippen LogP contribution in [-0.2, 0) is 32.6 Å². The van der Waals surface area contributed by atoms with Gasteiger partial charge in [-0.25, -0.2) is 12.8 Å². The van der Waals surface area contributed by atoms with Crippen LogP contribution >= 0.6 is 0 Å². The lowest BCUT2D eigenvalue weighted by Gasteiger charge is -2.34. The van der Waals surface area contributed by atoms with Gasteiger partial charge in [-0.2, -0.15) is 0 Å². The molecule has 4 rings (SSSR count). The fourth-order valence-electron chi connectivity index (χ4n) is 5.06. The molecule has 40 heavy (non-hydrogen) atoms. The quantitative estimate of drug-likeness (QED) is 0.368. The number of anilines is 1. The molecule has 0 spiro atoms. The molecule has 9 heteroatoms. The Bertz CT molecular complexity index is 1410. The molecule has 1 aliphatic rings. The first-order valence-electron chi connectivity index (χ1n) is 13.5. The van der Waals surface area contributed by atoms with Crippen molar-refractivity contribution in [2.24, 2.45) is 0 Å². The number of amides is 2. The molecular formula is C31H36FN3O4S. The predicted molar refractivity (Wildman–Crippen MR) is 155 cm³/mol. The molecule has 1 fully saturated rings. The summed E-state index contributed by atoms with van der Waals surface area (Å²) >= 11 is 0. The van der Waals surface area contributed by atoms with E-state index < -0.39 is 34.3 Å². The third kappa shape index (κ3) is 7.69. The average molecular weight is 566 g/mol. The lowest BCUT2D eigenvalue weighted by Crippen LogP contribution is -2.54. The Hall–Kier alpha value is -3.72. The van der Waals surface area contributed by atoms with E-state index in [0.717, 1.165) is 59.0 Å². The van der Waals surface area contributed by atoms with Crippen molar-refractivity contribution in [2.75, 3.05) is 17.1 Å². The maximum absolute atomic E-state index is 14.7. The minimum atomic E-state index is -4.03. The first-order chi connectivity index (χ1) is 19.1. The van der Waals surface area contributed by atoms with Gasteiger partial charge in [0.2, 0.25) is 21.8 Å². The summed E-state index contributed by atoms with van der Waals surface area (Å²) < 4.78 is 41.0. The Morgan fingerprint density at radius 1 is 0.925 bits per heavy atom. The van der Waals surface area contributed by atoms with Crippen LogP contribution in [0.25, 0.3) is 0 Å². The Labute approximate surface area is 236 Å². The van der Waals surface area contributed by atoms with Crippen molar-refractivity contribution in [3.63, 3.8) is 0 Å². The predicted octanol–water partition coefficient (Wildman–Crippen LogP) is 4.60. The minimum Gasteiger partial charge on any atom is -0.352 e. The van der Waals surface area contributed by atoms with Gasteiger partial charge in [0.25, 0.3) is 0 Å². The molecule has 1 saturated carbocycles. The first kappa shape index (κ1) is 29.3. The number of hydrogen-bond donors (Lipinski definition) is 1. The second-order valence-corrected chi connectivity index (χ2v) is 12.3. The van der Waals surface area contributed by atoms with Gasteiger partial charge in [0.15, 0.2) is 0 Å². The van der Waals surface area contributed by atoms with Crippen molar-refractivity contribution in [1.82, 2.24) is 10.2 Å². The van der Waals surface area contributed by atoms with Crippen LogP contribution < -0.4 is 9.62 Å². The van der Waals surface area contributed by atoms with E-state index in [0.29, 0.717) is 0 Å². The number of nitrogens with zero attached hydrogens (tertiary/aromatic N) is 2. The third-order valence-corrected chi connectivity index (χ3v) is 8.37. The zero-order valence-corrected chi connectivity index (χ0v) is 23.7. The van der Waals surface area contributed by atoms with Gasteiger partial charge in [0.1, 0.15) is 18.4 Å². The van der Waals surface area contributed by atoms with Crippen molar-refractivity contribution in [1.29, 1.82) is 0 Å². The molecule has 0 heterocycles. The standard InChI is InChI=1S/C31H36FN3O4S/c1-23-16-18-25(19-17-23)21-34(30(36)22-35(40(2,38)39)28-15-9-8-14-27(28)32)29(20-24-10-4-3-5-11-24)31(37)33-26-12-6-7-13-26/h3-5,8-11,14-19,26,29H,6-7,12-13,20-22H2,1-2H3,(H,33,37)/t29-/m0/s1. The molecule has 3 aromatic carbocycles. The van der Waals surface area contributed by atoms with Crippen LogP contribution in [0.1, 0.15) is 42.4 Å². The molecular weight excluding hydrogens is 529 g/mol. The Morgan fingerprint density at radius 2 is 1.55 bits per heavy atom. The van der Waals surface area contributed by atoms with Gasteiger partial charge in [0, 0.05) is 19.0 Å². The summed E-state index contributed by atoms with van der Waals surface area (Å²) in [4.78, 5) is 29.3. The molecule has 0 aromatic heterocycles. The largest absolute Gasteiger partial charge is 0.352 e. The van der Waals surface area contributed by atoms with E-state index in [1.165, 1.54) is 23.1 Å². The molecule has 0 unspecified atom stereocenters. The number of nitrogens with one attached hydrogen (secondary N) is 1. The maximum Gasteiger partial charge on any atom is 0.244 e. The normalized spacial score (nSPS) is 14.5. The number of sulfonamides is 1. The number of rotatable bonds is 11. The van der Waals surface area contributed by atoms with Gasteiger partial charge in [0.05, 0.1) is 11.9 Å². The van der Waals surface area contributed by atoms with Gasteiger partial charge in [-0.15, -0.1) is 0 Å². The summed E-state index contributed by atoms with van der Waals surface area (Å²) in [6, 6.07) is 21.6. The van der Waals surface area contributed by atoms with Crippen molar-refractivity contribution < 1.29 is 22.4 Å². The lowest BCUT2D eigenvalue weighted by atomic mass is 10.0. The second kappa shape index (κ2) is 13.1. The van der Waals surface area contributed by atoms with E-state index >= 15 is 0 Å². The summed E-state index contributed by atoms with van der Waals surface area (Å²) in [5, 5.41) is 3.13. The molecule has 212 valence electrons. The molecule has 7 nitrogen and oxygen atoms in total. The Balaban J connectivity index is 1.72. The van der Waals surface area contributed by atoms with Crippen molar-refractivity contribution in [2.45, 2.75) is 57.7 Å². The van der Waals surface area contributed by atoms with Crippen molar-refractivity contribution in [3.05, 3.63) is 101 Å². The average Bonchev–Trinajstić information content (AvgIpc) is 3.43. The van der Waals surface area contributed by atoms with E-state index in [9.17, 15) is 22.4 Å². The molecule has 1 aliphatic carbocycles. The highest BCUT2D eigenvalue weighted by Gasteiger charge is 2.34. The van der Waals surface area contributed by atoms with Gasteiger partial charge < -0.3 is 10.2 Å². The topological polar surface area (TPSA) is 86.8 Å². The van der Waals surface area contributed by atoms with Crippen LogP contribution in [0, 0.1) is 12.7 Å². The van der Waals surface area contributed by atoms with Crippen LogP contribution in [0.3, 0.4) is 0 Å². The van der Waals surface area contributed by atoms with Gasteiger partial charge in [-0.3, -0.25) is 13.9 Å². The number of benzene rings is 3. The third-order valence-electron chi connectivity index (χ3n) is 7.25. The maximum atomic E-state index is 14.7. The fourth-order valence-corrected chi connectivity index (χ4v) is 5.91. The van der Waals surface area contributed by atoms with E-state index in [1.54, 1.807) is 0 Å². The molecule has 1 N–H and O–H groups in total. The van der Waals surface area contributed by atoms with E-state index in [-0.39, 0.29) is 30.6 Å². The highest BCUT2D eigenvalue weighted by molar-refractivity contribution is 7.92. The summed E-state index contributed by atoms with van der Waals surface area (Å²) in [6.45, 7) is 1.40. The number of carbonyl (C=O) groups is 2. The molecule has 3 aromatic rings. The first-order valence-corrected chi connectivity index (χ1v) is 15.4. The van der Waals surface area contributed by atoms with Crippen LogP contribution in [0.4, 0.5) is 10.1 Å². The zero-order chi connectivity index (χ0) is 28.7. The number of hydrogen-bond acceptors (Lipinski definition) is 4. The minimum absolute atomic E-state index is 0.0352. The molecule has 1 atom stereocenters. The summed E-state index contributed by atoms with van der Waals surface area (Å²) in [7, 11) is -4.03. The van der Waals surface area contributed by atoms with Gasteiger partial charge in [-0.1, -0.05) is 85.1 Å². The second-order valence-electron chi connectivity index (χ2n) is 10.4. The van der Waals surface area contributed by atoms with Gasteiger partial charge >= 0.3 is 0 Å². The molecule has 2 amide bonds. The highest BCUT2D eigenvalue weighted by Crippen LogP contribution is 2.24. The number of para-hydroxylation sites is 1. The molecule has 0 saturated heterocycles. The lowest BCUT2D eigenvalue weighted by molar-refractivity contribution is -0.140. The van der Waals surface area contributed by atoms with Gasteiger partial charge in [-0.05, 0) is 43.0 Å². The summed E-state index contributed by atoms with van der Waals surface area (Å²) in [6.07, 6.45) is 5.01. The number of aryl methyl sites for hydroxylation is 1. The zero-order valence-electron chi connectivity index (χ0n) is 22.9. The molecule has 0 radical (unpaired) electrons. The van der Waals surface area contributed by atoms with Crippen molar-refractivity contribution in [3.8, 4) is 0 Å². The van der Waals surface area contributed by atoms with Crippen LogP contribution in [0.5, 0.6) is 0 Å². The number of halogens is 1. The van der Waals surface area contributed by atoms with Crippen LogP contribution in [0.2, 0.25) is 0 Å². The van der Waals surface area contributed by atoms with Crippen molar-refractivity contribution >= 4 is 27.5 Å². The summed E-state index contributed by atoms with van der Waals surface area (Å²) in [5.74, 6) is -1.64. The van der Waals surface area contributed by atoms with E-state index in [1.807, 2.05) is 61.5 Å². The highest BCUT2D eigenvalue weighted by atomic mass is 32.2. The van der Waals surface area contributed by atoms with Crippen LogP contribution in [-0.4, -0.2) is 50.0 Å². The number of carbonyl (C=O) groups excluding carboxylic acids is 2. The monoisotopic (exact) mass is 565 g/mol. The Kier molecular flexibility index (Phi) is 9.58. The van der Waals surface area contributed by atoms with E-state index in [4.69, 9.17) is 0 Å². The smallest absolute Gasteiger partial charge is 0.244 e. The Morgan fingerprint density at radius 3 is 2.17 bits per heavy atom. The molecule has 0 aliphatic heterocycles. The fraction of sp³-hybridized carbons (Fsp3) is 0.355. The summed E-state index contributed by atoms with van der Waals surface area (Å²) in [5.41, 5.74) is 2.49. The molecule has 0 bridgehead atoms. The van der Waals surface area contributed by atoms with E-state index in [2.05, 4.69) is 5.32 Å². The van der Waals surface area contributed by atoms with Crippen LogP contribution in [0.15, 0.2) is 78.9 Å². The SMILES string of the molecule is Cc1ccc(CN(C(=O)CN(c2ccccc2F)S(C)(=O)=O)[C@@H](Cc2ccccc2)C(=O)NC2CCCC2)cc1.